The molecule has 0 unspecified atom stereocenters. The number of nitrogens with two attached hydrogens (primary N) is 1. The van der Waals surface area contributed by atoms with Crippen LogP contribution in [0.25, 0.3) is 0 Å². The molecule has 0 aliphatic rings. The lowest BCUT2D eigenvalue weighted by molar-refractivity contribution is 0.579. The maximum Gasteiger partial charge on any atom is 0.244 e. The van der Waals surface area contributed by atoms with Crippen LogP contribution in [0.2, 0.25) is 0 Å². The highest BCUT2D eigenvalue weighted by Crippen LogP contribution is 2.20. The lowest BCUT2D eigenvalue weighted by Crippen LogP contribution is -2.26. The van der Waals surface area contributed by atoms with Gasteiger partial charge in [0.25, 0.3) is 0 Å². The smallest absolute Gasteiger partial charge is 0.244 e. The van der Waals surface area contributed by atoms with E-state index in [1.54, 1.807) is 0 Å². The van der Waals surface area contributed by atoms with Crippen molar-refractivity contribution in [3.63, 3.8) is 0 Å². The van der Waals surface area contributed by atoms with E-state index in [0.717, 1.165) is 6.42 Å². The van der Waals surface area contributed by atoms with Gasteiger partial charge in [0.1, 0.15) is 10.7 Å². The predicted molar refractivity (Wildman–Crippen MR) is 86.3 cm³/mol. The van der Waals surface area contributed by atoms with E-state index in [0.29, 0.717) is 17.4 Å². The third kappa shape index (κ3) is 4.52. The highest BCUT2D eigenvalue weighted by molar-refractivity contribution is 9.10. The molecule has 0 aliphatic carbocycles. The largest absolute Gasteiger partial charge is 0.383 e. The van der Waals surface area contributed by atoms with E-state index in [2.05, 4.69) is 25.6 Å². The molecule has 21 heavy (non-hydrogen) atoms. The molecule has 0 spiro atoms. The first-order valence-corrected chi connectivity index (χ1v) is 8.71. The van der Waals surface area contributed by atoms with Crippen LogP contribution in [0.5, 0.6) is 0 Å². The zero-order valence-electron chi connectivity index (χ0n) is 11.3. The number of nitrogens with zero attached hydrogens (tertiary/aromatic N) is 1. The van der Waals surface area contributed by atoms with Crippen molar-refractivity contribution < 1.29 is 8.42 Å². The van der Waals surface area contributed by atoms with Crippen molar-refractivity contribution in [1.82, 2.24) is 9.71 Å². The number of nitrogens with one attached hydrogen (secondary N) is 1. The number of pyridine rings is 1. The molecule has 0 atom stereocenters. The quantitative estimate of drug-likeness (QED) is 0.765. The maximum atomic E-state index is 12.2. The second-order valence-corrected chi connectivity index (χ2v) is 7.17. The van der Waals surface area contributed by atoms with Crippen molar-refractivity contribution in [3.05, 3.63) is 52.6 Å². The van der Waals surface area contributed by atoms with Crippen LogP contribution in [0.15, 0.2) is 52.0 Å². The molecule has 112 valence electrons. The molecule has 0 bridgehead atoms. The molecule has 7 heteroatoms. The fourth-order valence-electron chi connectivity index (χ4n) is 1.87. The van der Waals surface area contributed by atoms with Crippen LogP contribution in [0.3, 0.4) is 0 Å². The van der Waals surface area contributed by atoms with Crippen molar-refractivity contribution in [2.75, 3.05) is 12.3 Å². The summed E-state index contributed by atoms with van der Waals surface area (Å²) in [6.07, 6.45) is 2.99. The van der Waals surface area contributed by atoms with Crippen molar-refractivity contribution >= 4 is 31.8 Å². The van der Waals surface area contributed by atoms with Crippen molar-refractivity contribution in [1.29, 1.82) is 0 Å². The Morgan fingerprint density at radius 3 is 2.67 bits per heavy atom. The summed E-state index contributed by atoms with van der Waals surface area (Å²) in [5.74, 6) is -0.00578. The van der Waals surface area contributed by atoms with Crippen LogP contribution >= 0.6 is 15.9 Å². The van der Waals surface area contributed by atoms with Crippen LogP contribution in [0.4, 0.5) is 5.82 Å². The van der Waals surface area contributed by atoms with Crippen molar-refractivity contribution in [2.45, 2.75) is 17.7 Å². The number of hydrogen-bond acceptors (Lipinski definition) is 4. The standard InChI is InChI=1S/C14H16BrN3O2S/c15-12-9-13(14(16)17-10-12)21(19,20)18-8-4-7-11-5-2-1-3-6-11/h1-3,5-6,9-10,18H,4,7-8H2,(H2,16,17). The van der Waals surface area contributed by atoms with Crippen LogP contribution in [-0.2, 0) is 16.4 Å². The molecule has 1 aromatic heterocycles. The van der Waals surface area contributed by atoms with Gasteiger partial charge >= 0.3 is 0 Å². The van der Waals surface area contributed by atoms with Gasteiger partial charge in [-0.1, -0.05) is 30.3 Å². The average molecular weight is 370 g/mol. The minimum Gasteiger partial charge on any atom is -0.383 e. The summed E-state index contributed by atoms with van der Waals surface area (Å²) in [5, 5.41) is 0. The Morgan fingerprint density at radius 1 is 1.24 bits per heavy atom. The number of aryl methyl sites for hydroxylation is 1. The van der Waals surface area contributed by atoms with Gasteiger partial charge in [0.15, 0.2) is 0 Å². The van der Waals surface area contributed by atoms with Crippen LogP contribution in [0, 0.1) is 0 Å². The highest BCUT2D eigenvalue weighted by atomic mass is 79.9. The number of hydrogen-bond donors (Lipinski definition) is 2. The van der Waals surface area contributed by atoms with Gasteiger partial charge in [0, 0.05) is 17.2 Å². The molecule has 1 heterocycles. The fraction of sp³-hybridized carbons (Fsp3) is 0.214. The second kappa shape index (κ2) is 7.02. The SMILES string of the molecule is Nc1ncc(Br)cc1S(=O)(=O)NCCCc1ccccc1. The van der Waals surface area contributed by atoms with E-state index in [4.69, 9.17) is 5.73 Å². The predicted octanol–water partition coefficient (Wildman–Crippen LogP) is 2.34. The monoisotopic (exact) mass is 369 g/mol. The van der Waals surface area contributed by atoms with Gasteiger partial charge in [0.2, 0.25) is 10.0 Å². The highest BCUT2D eigenvalue weighted by Gasteiger charge is 2.18. The molecular weight excluding hydrogens is 354 g/mol. The first kappa shape index (κ1) is 15.9. The van der Waals surface area contributed by atoms with Gasteiger partial charge in [-0.05, 0) is 40.4 Å². The number of halogens is 1. The zero-order chi connectivity index (χ0) is 15.3. The Morgan fingerprint density at radius 2 is 1.95 bits per heavy atom. The summed E-state index contributed by atoms with van der Waals surface area (Å²) in [5.41, 5.74) is 6.80. The van der Waals surface area contributed by atoms with Crippen molar-refractivity contribution in [3.8, 4) is 0 Å². The van der Waals surface area contributed by atoms with E-state index < -0.39 is 10.0 Å². The van der Waals surface area contributed by atoms with E-state index in [1.165, 1.54) is 17.8 Å². The number of anilines is 1. The minimum absolute atomic E-state index is 0.00316. The molecule has 0 amide bonds. The van der Waals surface area contributed by atoms with Gasteiger partial charge in [-0.3, -0.25) is 0 Å². The Bertz CT molecular complexity index is 705. The lowest BCUT2D eigenvalue weighted by Gasteiger charge is -2.09. The third-order valence-electron chi connectivity index (χ3n) is 2.92. The second-order valence-electron chi connectivity index (χ2n) is 4.52. The van der Waals surface area contributed by atoms with E-state index >= 15 is 0 Å². The summed E-state index contributed by atoms with van der Waals surface area (Å²) in [6.45, 7) is 0.350. The third-order valence-corrected chi connectivity index (χ3v) is 4.84. The first-order chi connectivity index (χ1) is 9.99. The van der Waals surface area contributed by atoms with Gasteiger partial charge in [-0.25, -0.2) is 18.1 Å². The number of aromatic nitrogens is 1. The molecule has 0 radical (unpaired) electrons. The fourth-order valence-corrected chi connectivity index (χ4v) is 3.53. The summed E-state index contributed by atoms with van der Waals surface area (Å²) in [7, 11) is -3.64. The molecule has 2 aromatic rings. The summed E-state index contributed by atoms with van der Waals surface area (Å²) >= 11 is 3.19. The number of rotatable bonds is 6. The van der Waals surface area contributed by atoms with Gasteiger partial charge in [-0.15, -0.1) is 0 Å². The average Bonchev–Trinajstić information content (AvgIpc) is 2.47. The maximum absolute atomic E-state index is 12.2. The molecule has 0 fully saturated rings. The topological polar surface area (TPSA) is 85.1 Å². The Kier molecular flexibility index (Phi) is 5.33. The van der Waals surface area contributed by atoms with Gasteiger partial charge in [-0.2, -0.15) is 0 Å². The number of benzene rings is 1. The van der Waals surface area contributed by atoms with Crippen LogP contribution < -0.4 is 10.5 Å². The Labute approximate surface area is 132 Å². The molecule has 2 rings (SSSR count). The summed E-state index contributed by atoms with van der Waals surface area (Å²) < 4.78 is 27.4. The summed E-state index contributed by atoms with van der Waals surface area (Å²) in [6, 6.07) is 11.4. The minimum atomic E-state index is -3.64. The van der Waals surface area contributed by atoms with Crippen molar-refractivity contribution in [2.24, 2.45) is 0 Å². The number of nitrogen functional groups attached to an aromatic ring is 1. The normalized spacial score (nSPS) is 11.5. The van der Waals surface area contributed by atoms with E-state index in [9.17, 15) is 8.42 Å². The summed E-state index contributed by atoms with van der Waals surface area (Å²) in [4.78, 5) is 3.83. The van der Waals surface area contributed by atoms with E-state index in [1.807, 2.05) is 30.3 Å². The molecule has 1 aromatic carbocycles. The molecular formula is C14H16BrN3O2S. The lowest BCUT2D eigenvalue weighted by atomic mass is 10.1. The number of sulfonamides is 1. The van der Waals surface area contributed by atoms with E-state index in [-0.39, 0.29) is 10.7 Å². The van der Waals surface area contributed by atoms with Crippen LogP contribution in [0.1, 0.15) is 12.0 Å². The Balaban J connectivity index is 1.94. The zero-order valence-corrected chi connectivity index (χ0v) is 13.7. The Hall–Kier alpha value is -1.44. The first-order valence-electron chi connectivity index (χ1n) is 6.43. The van der Waals surface area contributed by atoms with Crippen LogP contribution in [-0.4, -0.2) is 19.9 Å². The van der Waals surface area contributed by atoms with Gasteiger partial charge in [0.05, 0.1) is 0 Å². The molecule has 0 saturated heterocycles. The molecule has 3 N–H and O–H groups in total. The molecule has 0 aliphatic heterocycles. The van der Waals surface area contributed by atoms with Gasteiger partial charge < -0.3 is 5.73 Å². The molecule has 5 nitrogen and oxygen atoms in total. The molecule has 0 saturated carbocycles.